The SMILES string of the molecule is CC(NC(=O)O)C(=O)Nc1ccc(F)cc1Nc1cccnc1. The number of aromatic nitrogens is 1. The van der Waals surface area contributed by atoms with Crippen LogP contribution in [-0.4, -0.2) is 28.1 Å². The zero-order valence-corrected chi connectivity index (χ0v) is 12.2. The molecule has 0 saturated heterocycles. The molecule has 2 rings (SSSR count). The van der Waals surface area contributed by atoms with Gasteiger partial charge in [0.25, 0.3) is 0 Å². The number of pyridine rings is 1. The minimum absolute atomic E-state index is 0.319. The Morgan fingerprint density at radius 1 is 1.26 bits per heavy atom. The predicted octanol–water partition coefficient (Wildman–Crippen LogP) is 2.56. The highest BCUT2D eigenvalue weighted by molar-refractivity contribution is 5.99. The highest BCUT2D eigenvalue weighted by Gasteiger charge is 2.16. The van der Waals surface area contributed by atoms with Crippen LogP contribution in [0.25, 0.3) is 0 Å². The van der Waals surface area contributed by atoms with E-state index in [-0.39, 0.29) is 0 Å². The van der Waals surface area contributed by atoms with Crippen LogP contribution in [0.15, 0.2) is 42.7 Å². The molecule has 23 heavy (non-hydrogen) atoms. The van der Waals surface area contributed by atoms with E-state index in [1.807, 2.05) is 5.32 Å². The van der Waals surface area contributed by atoms with Crippen LogP contribution in [0.5, 0.6) is 0 Å². The summed E-state index contributed by atoms with van der Waals surface area (Å²) in [7, 11) is 0. The molecule has 2 aromatic rings. The van der Waals surface area contributed by atoms with E-state index in [1.54, 1.807) is 24.5 Å². The van der Waals surface area contributed by atoms with Gasteiger partial charge < -0.3 is 21.1 Å². The average Bonchev–Trinajstić information content (AvgIpc) is 2.50. The predicted molar refractivity (Wildman–Crippen MR) is 83.2 cm³/mol. The molecule has 0 spiro atoms. The summed E-state index contributed by atoms with van der Waals surface area (Å²) in [5.41, 5.74) is 1.26. The maximum Gasteiger partial charge on any atom is 0.405 e. The number of nitrogens with zero attached hydrogens (tertiary/aromatic N) is 1. The van der Waals surface area contributed by atoms with Gasteiger partial charge in [-0.25, -0.2) is 9.18 Å². The molecule has 1 aromatic carbocycles. The van der Waals surface area contributed by atoms with Gasteiger partial charge in [0.2, 0.25) is 5.91 Å². The summed E-state index contributed by atoms with van der Waals surface area (Å²) in [6.07, 6.45) is 1.84. The first-order chi connectivity index (χ1) is 11.0. The molecule has 2 amide bonds. The van der Waals surface area contributed by atoms with Gasteiger partial charge in [-0.15, -0.1) is 0 Å². The van der Waals surface area contributed by atoms with Crippen molar-refractivity contribution in [1.29, 1.82) is 0 Å². The second-order valence-corrected chi connectivity index (χ2v) is 4.72. The fraction of sp³-hybridized carbons (Fsp3) is 0.133. The highest BCUT2D eigenvalue weighted by Crippen LogP contribution is 2.26. The Hall–Kier alpha value is -3.16. The van der Waals surface area contributed by atoms with E-state index in [2.05, 4.69) is 15.6 Å². The Bertz CT molecular complexity index is 709. The number of carbonyl (C=O) groups excluding carboxylic acids is 1. The van der Waals surface area contributed by atoms with E-state index >= 15 is 0 Å². The van der Waals surface area contributed by atoms with Crippen molar-refractivity contribution in [2.24, 2.45) is 0 Å². The molecule has 0 bridgehead atoms. The van der Waals surface area contributed by atoms with Gasteiger partial charge in [0.1, 0.15) is 11.9 Å². The van der Waals surface area contributed by atoms with Crippen LogP contribution in [0.4, 0.5) is 26.2 Å². The quantitative estimate of drug-likeness (QED) is 0.678. The average molecular weight is 318 g/mol. The number of anilines is 3. The summed E-state index contributed by atoms with van der Waals surface area (Å²) >= 11 is 0. The third kappa shape index (κ3) is 4.67. The first-order valence-electron chi connectivity index (χ1n) is 6.72. The van der Waals surface area contributed by atoms with E-state index in [4.69, 9.17) is 5.11 Å². The van der Waals surface area contributed by atoms with Gasteiger partial charge in [-0.2, -0.15) is 0 Å². The Balaban J connectivity index is 2.18. The molecule has 8 heteroatoms. The summed E-state index contributed by atoms with van der Waals surface area (Å²) in [6, 6.07) is 6.29. The molecular weight excluding hydrogens is 303 g/mol. The fourth-order valence-electron chi connectivity index (χ4n) is 1.81. The third-order valence-electron chi connectivity index (χ3n) is 2.91. The number of rotatable bonds is 5. The second kappa shape index (κ2) is 7.21. The fourth-order valence-corrected chi connectivity index (χ4v) is 1.81. The van der Waals surface area contributed by atoms with Crippen LogP contribution in [0.3, 0.4) is 0 Å². The van der Waals surface area contributed by atoms with Crippen molar-refractivity contribution in [2.45, 2.75) is 13.0 Å². The standard InChI is InChI=1S/C15H15FN4O3/c1-9(18-15(22)23)14(21)20-12-5-4-10(16)7-13(12)19-11-3-2-6-17-8-11/h2-9,18-19H,1H3,(H,20,21)(H,22,23). The van der Waals surface area contributed by atoms with Crippen molar-refractivity contribution in [3.05, 3.63) is 48.5 Å². The summed E-state index contributed by atoms with van der Waals surface area (Å²) in [5, 5.41) is 16.2. The van der Waals surface area contributed by atoms with Gasteiger partial charge in [-0.3, -0.25) is 9.78 Å². The first-order valence-corrected chi connectivity index (χ1v) is 6.72. The lowest BCUT2D eigenvalue weighted by Gasteiger charge is -2.16. The van der Waals surface area contributed by atoms with E-state index in [1.165, 1.54) is 25.1 Å². The minimum Gasteiger partial charge on any atom is -0.465 e. The van der Waals surface area contributed by atoms with E-state index < -0.39 is 23.9 Å². The molecule has 1 aromatic heterocycles. The molecule has 4 N–H and O–H groups in total. The molecule has 1 atom stereocenters. The first kappa shape index (κ1) is 16.2. The third-order valence-corrected chi connectivity index (χ3v) is 2.91. The van der Waals surface area contributed by atoms with Crippen LogP contribution < -0.4 is 16.0 Å². The Kier molecular flexibility index (Phi) is 5.08. The zero-order valence-electron chi connectivity index (χ0n) is 12.2. The van der Waals surface area contributed by atoms with Crippen molar-refractivity contribution >= 4 is 29.1 Å². The van der Waals surface area contributed by atoms with E-state index in [9.17, 15) is 14.0 Å². The summed E-state index contributed by atoms with van der Waals surface area (Å²) in [6.45, 7) is 1.40. The Morgan fingerprint density at radius 2 is 2.04 bits per heavy atom. The number of amides is 2. The molecule has 0 radical (unpaired) electrons. The summed E-state index contributed by atoms with van der Waals surface area (Å²) < 4.78 is 13.5. The lowest BCUT2D eigenvalue weighted by Crippen LogP contribution is -2.40. The topological polar surface area (TPSA) is 103 Å². The number of benzene rings is 1. The summed E-state index contributed by atoms with van der Waals surface area (Å²) in [4.78, 5) is 26.5. The normalized spacial score (nSPS) is 11.4. The smallest absolute Gasteiger partial charge is 0.405 e. The van der Waals surface area contributed by atoms with Gasteiger partial charge in [0.15, 0.2) is 0 Å². The van der Waals surface area contributed by atoms with Crippen LogP contribution >= 0.6 is 0 Å². The molecule has 0 saturated carbocycles. The van der Waals surface area contributed by atoms with Crippen LogP contribution in [0.1, 0.15) is 6.92 Å². The molecule has 0 aliphatic heterocycles. The highest BCUT2D eigenvalue weighted by atomic mass is 19.1. The Morgan fingerprint density at radius 3 is 2.70 bits per heavy atom. The minimum atomic E-state index is -1.31. The lowest BCUT2D eigenvalue weighted by atomic mass is 10.2. The van der Waals surface area contributed by atoms with Gasteiger partial charge in [0, 0.05) is 6.20 Å². The number of hydrogen-bond donors (Lipinski definition) is 4. The molecule has 0 aliphatic carbocycles. The largest absolute Gasteiger partial charge is 0.465 e. The van der Waals surface area contributed by atoms with Crippen LogP contribution in [-0.2, 0) is 4.79 Å². The molecule has 0 fully saturated rings. The molecule has 1 unspecified atom stereocenters. The maximum absolute atomic E-state index is 13.5. The number of hydrogen-bond acceptors (Lipinski definition) is 4. The molecular formula is C15H15FN4O3. The van der Waals surface area contributed by atoms with Crippen LogP contribution in [0, 0.1) is 5.82 Å². The summed E-state index contributed by atoms with van der Waals surface area (Å²) in [5.74, 6) is -1.04. The molecule has 1 heterocycles. The van der Waals surface area contributed by atoms with E-state index in [0.29, 0.717) is 17.1 Å². The van der Waals surface area contributed by atoms with E-state index in [0.717, 1.165) is 0 Å². The van der Waals surface area contributed by atoms with Gasteiger partial charge in [-0.1, -0.05) is 0 Å². The van der Waals surface area contributed by atoms with Crippen molar-refractivity contribution in [3.63, 3.8) is 0 Å². The molecule has 120 valence electrons. The van der Waals surface area contributed by atoms with Crippen molar-refractivity contribution in [1.82, 2.24) is 10.3 Å². The number of halogens is 1. The van der Waals surface area contributed by atoms with Crippen molar-refractivity contribution in [2.75, 3.05) is 10.6 Å². The number of carboxylic acid groups (broad SMARTS) is 1. The Labute approximate surface area is 131 Å². The van der Waals surface area contributed by atoms with Gasteiger partial charge in [-0.05, 0) is 37.3 Å². The monoisotopic (exact) mass is 318 g/mol. The van der Waals surface area contributed by atoms with Crippen molar-refractivity contribution < 1.29 is 19.1 Å². The molecule has 7 nitrogen and oxygen atoms in total. The molecule has 0 aliphatic rings. The van der Waals surface area contributed by atoms with Gasteiger partial charge in [0.05, 0.1) is 23.3 Å². The number of carbonyl (C=O) groups is 2. The van der Waals surface area contributed by atoms with Crippen LogP contribution in [0.2, 0.25) is 0 Å². The second-order valence-electron chi connectivity index (χ2n) is 4.72. The maximum atomic E-state index is 13.5. The van der Waals surface area contributed by atoms with Gasteiger partial charge >= 0.3 is 6.09 Å². The lowest BCUT2D eigenvalue weighted by molar-refractivity contribution is -0.117. The zero-order chi connectivity index (χ0) is 16.8. The number of nitrogens with one attached hydrogen (secondary N) is 3. The van der Waals surface area contributed by atoms with Crippen molar-refractivity contribution in [3.8, 4) is 0 Å².